The first-order valence-corrected chi connectivity index (χ1v) is 6.58. The van der Waals surface area contributed by atoms with Crippen LogP contribution in [-0.2, 0) is 6.54 Å². The predicted molar refractivity (Wildman–Crippen MR) is 67.8 cm³/mol. The smallest absolute Gasteiger partial charge is 0.0300 e. The van der Waals surface area contributed by atoms with Crippen molar-refractivity contribution in [3.05, 3.63) is 20.8 Å². The quantitative estimate of drug-likeness (QED) is 0.818. The van der Waals surface area contributed by atoms with Crippen molar-refractivity contribution in [3.8, 4) is 0 Å². The van der Waals surface area contributed by atoms with Crippen LogP contribution >= 0.6 is 27.3 Å². The van der Waals surface area contributed by atoms with Gasteiger partial charge in [0, 0.05) is 21.3 Å². The molecule has 1 heterocycles. The number of hydrogen-bond acceptors (Lipinski definition) is 2. The first-order chi connectivity index (χ1) is 6.47. The minimum absolute atomic E-state index is 0.434. The fourth-order valence-electron chi connectivity index (χ4n) is 1.12. The van der Waals surface area contributed by atoms with Crippen LogP contribution in [0.2, 0.25) is 0 Å². The molecule has 0 aliphatic carbocycles. The second-order valence-corrected chi connectivity index (χ2v) is 6.63. The van der Waals surface area contributed by atoms with Crippen molar-refractivity contribution in [2.45, 2.75) is 33.7 Å². The highest BCUT2D eigenvalue weighted by Gasteiger charge is 2.08. The molecule has 1 rings (SSSR count). The van der Waals surface area contributed by atoms with Gasteiger partial charge in [-0.1, -0.05) is 20.8 Å². The predicted octanol–water partition coefficient (Wildman–Crippen LogP) is 4.04. The maximum Gasteiger partial charge on any atom is 0.0300 e. The van der Waals surface area contributed by atoms with Gasteiger partial charge in [0.05, 0.1) is 0 Å². The molecule has 0 saturated carbocycles. The van der Waals surface area contributed by atoms with Crippen LogP contribution in [0.15, 0.2) is 15.9 Å². The lowest BCUT2D eigenvalue weighted by Gasteiger charge is -2.17. The first kappa shape index (κ1) is 12.2. The van der Waals surface area contributed by atoms with Crippen molar-refractivity contribution >= 4 is 27.3 Å². The molecule has 0 aliphatic rings. The largest absolute Gasteiger partial charge is 0.312 e. The second kappa shape index (κ2) is 5.29. The minimum atomic E-state index is 0.434. The topological polar surface area (TPSA) is 12.0 Å². The molecule has 0 aromatic carbocycles. The standard InChI is InChI=1S/C11H18BrNS/c1-11(2,3)4-5-13-7-10-6-9(12)8-14-10/h6,8,13H,4-5,7H2,1-3H3. The molecule has 0 bridgehead atoms. The summed E-state index contributed by atoms with van der Waals surface area (Å²) in [5.41, 5.74) is 0.434. The Kier molecular flexibility index (Phi) is 4.61. The van der Waals surface area contributed by atoms with Crippen LogP contribution in [-0.4, -0.2) is 6.54 Å². The molecular weight excluding hydrogens is 258 g/mol. The first-order valence-electron chi connectivity index (χ1n) is 4.91. The van der Waals surface area contributed by atoms with Gasteiger partial charge in [-0.2, -0.15) is 0 Å². The highest BCUT2D eigenvalue weighted by molar-refractivity contribution is 9.10. The molecule has 1 N–H and O–H groups in total. The van der Waals surface area contributed by atoms with Crippen molar-refractivity contribution in [2.24, 2.45) is 5.41 Å². The fourth-order valence-corrected chi connectivity index (χ4v) is 2.54. The van der Waals surface area contributed by atoms with Crippen molar-refractivity contribution < 1.29 is 0 Å². The molecule has 1 aromatic heterocycles. The second-order valence-electron chi connectivity index (χ2n) is 4.72. The Morgan fingerprint density at radius 1 is 1.43 bits per heavy atom. The molecule has 0 spiro atoms. The molecule has 0 fully saturated rings. The molecule has 3 heteroatoms. The van der Waals surface area contributed by atoms with E-state index in [9.17, 15) is 0 Å². The lowest BCUT2D eigenvalue weighted by Crippen LogP contribution is -2.19. The molecule has 0 aliphatic heterocycles. The van der Waals surface area contributed by atoms with Gasteiger partial charge in [-0.05, 0) is 40.4 Å². The molecule has 0 saturated heterocycles. The summed E-state index contributed by atoms with van der Waals surface area (Å²) in [5.74, 6) is 0. The van der Waals surface area contributed by atoms with Crippen LogP contribution in [0, 0.1) is 5.41 Å². The number of halogens is 1. The third-order valence-corrected chi connectivity index (χ3v) is 3.67. The number of rotatable bonds is 4. The maximum atomic E-state index is 3.46. The van der Waals surface area contributed by atoms with Gasteiger partial charge in [0.25, 0.3) is 0 Å². The van der Waals surface area contributed by atoms with Gasteiger partial charge in [-0.25, -0.2) is 0 Å². The Bertz CT molecular complexity index is 275. The fraction of sp³-hybridized carbons (Fsp3) is 0.636. The highest BCUT2D eigenvalue weighted by Crippen LogP contribution is 2.20. The summed E-state index contributed by atoms with van der Waals surface area (Å²) in [7, 11) is 0. The molecule has 0 radical (unpaired) electrons. The third kappa shape index (κ3) is 5.13. The van der Waals surface area contributed by atoms with Gasteiger partial charge in [0.15, 0.2) is 0 Å². The molecule has 0 unspecified atom stereocenters. The van der Waals surface area contributed by atoms with E-state index in [1.165, 1.54) is 15.8 Å². The van der Waals surface area contributed by atoms with E-state index in [0.717, 1.165) is 13.1 Å². The Labute approximate surface area is 99.0 Å². The van der Waals surface area contributed by atoms with Crippen molar-refractivity contribution in [1.82, 2.24) is 5.32 Å². The Morgan fingerprint density at radius 2 is 2.14 bits per heavy atom. The maximum absolute atomic E-state index is 3.46. The van der Waals surface area contributed by atoms with Crippen LogP contribution in [0.25, 0.3) is 0 Å². The lowest BCUT2D eigenvalue weighted by atomic mass is 9.92. The SMILES string of the molecule is CC(C)(C)CCNCc1cc(Br)cs1. The molecule has 0 amide bonds. The van der Waals surface area contributed by atoms with Gasteiger partial charge in [0.2, 0.25) is 0 Å². The van der Waals surface area contributed by atoms with Crippen molar-refractivity contribution in [2.75, 3.05) is 6.54 Å². The number of nitrogens with one attached hydrogen (secondary N) is 1. The average Bonchev–Trinajstić information content (AvgIpc) is 2.44. The Morgan fingerprint density at radius 3 is 2.64 bits per heavy atom. The van der Waals surface area contributed by atoms with Crippen LogP contribution in [0.4, 0.5) is 0 Å². The summed E-state index contributed by atoms with van der Waals surface area (Å²) in [6, 6.07) is 2.18. The molecule has 1 aromatic rings. The summed E-state index contributed by atoms with van der Waals surface area (Å²) in [4.78, 5) is 1.39. The van der Waals surface area contributed by atoms with E-state index >= 15 is 0 Å². The Hall–Kier alpha value is 0.140. The van der Waals surface area contributed by atoms with Gasteiger partial charge in [-0.3, -0.25) is 0 Å². The van der Waals surface area contributed by atoms with Crippen LogP contribution < -0.4 is 5.32 Å². The zero-order valence-electron chi connectivity index (χ0n) is 9.06. The highest BCUT2D eigenvalue weighted by atomic mass is 79.9. The summed E-state index contributed by atoms with van der Waals surface area (Å²) in [6.45, 7) is 8.91. The van der Waals surface area contributed by atoms with Gasteiger partial charge in [-0.15, -0.1) is 11.3 Å². The number of hydrogen-bond donors (Lipinski definition) is 1. The molecule has 0 atom stereocenters. The van der Waals surface area contributed by atoms with E-state index in [2.05, 4.69) is 53.5 Å². The molecule has 80 valence electrons. The molecule has 1 nitrogen and oxygen atoms in total. The zero-order chi connectivity index (χ0) is 10.6. The van der Waals surface area contributed by atoms with Gasteiger partial charge >= 0.3 is 0 Å². The van der Waals surface area contributed by atoms with E-state index in [-0.39, 0.29) is 0 Å². The van der Waals surface area contributed by atoms with E-state index < -0.39 is 0 Å². The van der Waals surface area contributed by atoms with Crippen molar-refractivity contribution in [3.63, 3.8) is 0 Å². The third-order valence-electron chi connectivity index (χ3n) is 1.97. The summed E-state index contributed by atoms with van der Waals surface area (Å²) in [6.07, 6.45) is 1.22. The van der Waals surface area contributed by atoms with Crippen LogP contribution in [0.3, 0.4) is 0 Å². The summed E-state index contributed by atoms with van der Waals surface area (Å²) in [5, 5.41) is 5.59. The van der Waals surface area contributed by atoms with Crippen LogP contribution in [0.5, 0.6) is 0 Å². The number of thiophene rings is 1. The van der Waals surface area contributed by atoms with Crippen molar-refractivity contribution in [1.29, 1.82) is 0 Å². The molecule has 14 heavy (non-hydrogen) atoms. The minimum Gasteiger partial charge on any atom is -0.312 e. The van der Waals surface area contributed by atoms with E-state index in [4.69, 9.17) is 0 Å². The van der Waals surface area contributed by atoms with E-state index in [1.807, 2.05) is 0 Å². The summed E-state index contributed by atoms with van der Waals surface area (Å²) < 4.78 is 1.19. The monoisotopic (exact) mass is 275 g/mol. The zero-order valence-corrected chi connectivity index (χ0v) is 11.5. The molecular formula is C11H18BrNS. The lowest BCUT2D eigenvalue weighted by molar-refractivity contribution is 0.367. The summed E-state index contributed by atoms with van der Waals surface area (Å²) >= 11 is 5.25. The Balaban J connectivity index is 2.16. The van der Waals surface area contributed by atoms with Crippen LogP contribution in [0.1, 0.15) is 32.1 Å². The normalized spacial score (nSPS) is 12.0. The van der Waals surface area contributed by atoms with E-state index in [0.29, 0.717) is 5.41 Å². The average molecular weight is 276 g/mol. The van der Waals surface area contributed by atoms with Gasteiger partial charge < -0.3 is 5.32 Å². The van der Waals surface area contributed by atoms with Gasteiger partial charge in [0.1, 0.15) is 0 Å². The van der Waals surface area contributed by atoms with E-state index in [1.54, 1.807) is 11.3 Å².